The van der Waals surface area contributed by atoms with E-state index in [0.717, 1.165) is 0 Å². The highest BCUT2D eigenvalue weighted by atomic mass is 35.6. The Morgan fingerprint density at radius 3 is 1.80 bits per heavy atom. The van der Waals surface area contributed by atoms with Gasteiger partial charge in [-0.15, -0.1) is 0 Å². The summed E-state index contributed by atoms with van der Waals surface area (Å²) >= 11 is 4.21. The standard InChI is InChI=1S/Cl2O3/c1-5-2(3)4. The molecule has 3 nitrogen and oxygen atoms in total. The van der Waals surface area contributed by atoms with Gasteiger partial charge in [-0.25, -0.2) is 0 Å². The molecule has 0 aliphatic carbocycles. The van der Waals surface area contributed by atoms with Gasteiger partial charge in [0.15, 0.2) is 11.9 Å². The van der Waals surface area contributed by atoms with Gasteiger partial charge in [-0.1, -0.05) is 0 Å². The Balaban J connectivity index is 2.54. The van der Waals surface area contributed by atoms with Crippen molar-refractivity contribution in [3.05, 3.63) is 0 Å². The fourth-order valence-corrected chi connectivity index (χ4v) is 0. The molecule has 0 saturated carbocycles. The van der Waals surface area contributed by atoms with Crippen LogP contribution in [0.3, 0.4) is 0 Å². The molecule has 0 saturated heterocycles. The average molecular weight is 119 g/mol. The highest BCUT2D eigenvalue weighted by molar-refractivity contribution is 6.06. The lowest BCUT2D eigenvalue weighted by Crippen LogP contribution is -2.31. The van der Waals surface area contributed by atoms with E-state index in [0.29, 0.717) is 0 Å². The van der Waals surface area contributed by atoms with Gasteiger partial charge in [-0.2, -0.15) is 0 Å². The summed E-state index contributed by atoms with van der Waals surface area (Å²) in [6, 6.07) is 0. The Morgan fingerprint density at radius 2 is 1.80 bits per heavy atom. The Morgan fingerprint density at radius 1 is 1.60 bits per heavy atom. The third kappa shape index (κ3) is 4.46. The molecule has 5 heavy (non-hydrogen) atoms. The van der Waals surface area contributed by atoms with Gasteiger partial charge in [0.1, 0.15) is 3.84 Å². The lowest BCUT2D eigenvalue weighted by atomic mass is 15.8. The lowest BCUT2D eigenvalue weighted by molar-refractivity contribution is -1.62. The summed E-state index contributed by atoms with van der Waals surface area (Å²) in [5.74, 6) is 0. The van der Waals surface area contributed by atoms with E-state index in [2.05, 4.69) is 15.7 Å². The Labute approximate surface area is 36.7 Å². The molecule has 32 valence electrons. The Kier molecular flexibility index (Phi) is 2.93. The summed E-state index contributed by atoms with van der Waals surface area (Å²) in [4.78, 5) is 0. The first-order valence-corrected chi connectivity index (χ1v) is 1.85. The van der Waals surface area contributed by atoms with Crippen LogP contribution < -0.4 is 9.32 Å². The molecule has 0 aliphatic rings. The molecule has 0 rings (SSSR count). The largest absolute Gasteiger partial charge is 0.319 e. The smallest absolute Gasteiger partial charge is 0.310 e. The SMILES string of the molecule is [O-][Cl+2]([O-])OCl. The van der Waals surface area contributed by atoms with Crippen molar-refractivity contribution >= 4 is 11.9 Å². The fourth-order valence-electron chi connectivity index (χ4n) is 0. The third-order valence-corrected chi connectivity index (χ3v) is 0.429. The van der Waals surface area contributed by atoms with E-state index < -0.39 is 10.8 Å². The van der Waals surface area contributed by atoms with Crippen molar-refractivity contribution in [1.82, 2.24) is 0 Å². The van der Waals surface area contributed by atoms with Gasteiger partial charge < -0.3 is 9.32 Å². The summed E-state index contributed by atoms with van der Waals surface area (Å²) in [5.41, 5.74) is 0. The maximum Gasteiger partial charge on any atom is 0.310 e. The highest BCUT2D eigenvalue weighted by Crippen LogP contribution is 1.77. The molecule has 0 amide bonds. The molecule has 0 aromatic carbocycles. The summed E-state index contributed by atoms with van der Waals surface area (Å²) in [5, 5.41) is 0. The van der Waals surface area contributed by atoms with E-state index >= 15 is 0 Å². The van der Waals surface area contributed by atoms with Crippen LogP contribution in [0.2, 0.25) is 0 Å². The molecular formula is Cl2O3. The van der Waals surface area contributed by atoms with Crippen LogP contribution in [-0.2, 0) is 3.84 Å². The lowest BCUT2D eigenvalue weighted by Gasteiger charge is -1.77. The molecule has 0 unspecified atom stereocenters. The van der Waals surface area contributed by atoms with Crippen LogP contribution in [0, 0.1) is 10.8 Å². The Hall–Kier alpha value is 0.460. The van der Waals surface area contributed by atoms with E-state index in [-0.39, 0.29) is 0 Å². The molecule has 0 radical (unpaired) electrons. The average Bonchev–Trinajstić information content (AvgIpc) is 1.38. The van der Waals surface area contributed by atoms with Crippen LogP contribution in [-0.4, -0.2) is 0 Å². The molecule has 0 fully saturated rings. The summed E-state index contributed by atoms with van der Waals surface area (Å²) in [7, 11) is -2.28. The van der Waals surface area contributed by atoms with Gasteiger partial charge in [0.25, 0.3) is 0 Å². The van der Waals surface area contributed by atoms with Gasteiger partial charge in [0, 0.05) is 0 Å². The molecule has 0 heterocycles. The maximum absolute atomic E-state index is 8.98. The van der Waals surface area contributed by atoms with Crippen LogP contribution >= 0.6 is 11.9 Å². The zero-order chi connectivity index (χ0) is 4.28. The number of halogens is 2. The minimum absolute atomic E-state index is 2.28. The topological polar surface area (TPSA) is 55.3 Å². The van der Waals surface area contributed by atoms with Crippen LogP contribution in [0.15, 0.2) is 0 Å². The van der Waals surface area contributed by atoms with Gasteiger partial charge >= 0.3 is 10.8 Å². The Bertz CT molecular complexity index is 18.9. The first-order valence-electron chi connectivity index (χ1n) is 0.617. The number of hydrogen-bond donors (Lipinski definition) is 0. The molecule has 0 aromatic heterocycles. The van der Waals surface area contributed by atoms with Crippen LogP contribution in [0.25, 0.3) is 0 Å². The van der Waals surface area contributed by atoms with E-state index in [1.165, 1.54) is 0 Å². The van der Waals surface area contributed by atoms with Gasteiger partial charge in [-0.3, -0.25) is 0 Å². The van der Waals surface area contributed by atoms with Crippen molar-refractivity contribution in [3.63, 3.8) is 0 Å². The van der Waals surface area contributed by atoms with Crippen molar-refractivity contribution < 1.29 is 23.9 Å². The minimum Gasteiger partial charge on any atom is -0.319 e. The van der Waals surface area contributed by atoms with Crippen molar-refractivity contribution in [1.29, 1.82) is 0 Å². The quantitative estimate of drug-likeness (QED) is 0.411. The minimum atomic E-state index is -2.28. The van der Waals surface area contributed by atoms with E-state index in [1.54, 1.807) is 0 Å². The summed E-state index contributed by atoms with van der Waals surface area (Å²) in [6.45, 7) is 0. The van der Waals surface area contributed by atoms with Gasteiger partial charge in [-0.05, 0) is 0 Å². The normalized spacial score (nSPS) is 9.60. The van der Waals surface area contributed by atoms with Gasteiger partial charge in [0.2, 0.25) is 0 Å². The van der Waals surface area contributed by atoms with E-state index in [4.69, 9.17) is 9.32 Å². The second kappa shape index (κ2) is 2.68. The second-order valence-electron chi connectivity index (χ2n) is 0.247. The van der Waals surface area contributed by atoms with Crippen molar-refractivity contribution in [2.75, 3.05) is 0 Å². The predicted molar refractivity (Wildman–Crippen MR) is 6.94 cm³/mol. The van der Waals surface area contributed by atoms with Crippen molar-refractivity contribution in [3.8, 4) is 0 Å². The second-order valence-corrected chi connectivity index (χ2v) is 1.09. The highest BCUT2D eigenvalue weighted by Gasteiger charge is 1.97. The zero-order valence-electron chi connectivity index (χ0n) is 1.98. The third-order valence-electron chi connectivity index (χ3n) is 0.0476. The number of hydrogen-bond acceptors (Lipinski definition) is 3. The molecule has 0 spiro atoms. The summed E-state index contributed by atoms with van der Waals surface area (Å²) in [6.07, 6.45) is 0. The van der Waals surface area contributed by atoms with E-state index in [1.807, 2.05) is 0 Å². The molecule has 0 aliphatic heterocycles. The predicted octanol–water partition coefficient (Wildman–Crippen LogP) is -1.76. The molecule has 0 atom stereocenters. The van der Waals surface area contributed by atoms with Crippen LogP contribution in [0.4, 0.5) is 0 Å². The molecule has 0 aromatic rings. The molecule has 5 heteroatoms. The van der Waals surface area contributed by atoms with Gasteiger partial charge in [0.05, 0.1) is 0 Å². The van der Waals surface area contributed by atoms with Crippen LogP contribution in [0.1, 0.15) is 0 Å². The summed E-state index contributed by atoms with van der Waals surface area (Å²) < 4.78 is 21.1. The van der Waals surface area contributed by atoms with Crippen molar-refractivity contribution in [2.24, 2.45) is 0 Å². The first-order chi connectivity index (χ1) is 2.27. The van der Waals surface area contributed by atoms with E-state index in [9.17, 15) is 0 Å². The number of rotatable bonds is 1. The zero-order valence-corrected chi connectivity index (χ0v) is 3.49. The van der Waals surface area contributed by atoms with Crippen molar-refractivity contribution in [2.45, 2.75) is 0 Å². The molecular weight excluding hydrogens is 119 g/mol. The fraction of sp³-hybridized carbons (Fsp3) is 0. The maximum atomic E-state index is 8.98. The van der Waals surface area contributed by atoms with Crippen LogP contribution in [0.5, 0.6) is 0 Å². The molecule has 0 N–H and O–H groups in total. The molecule has 0 bridgehead atoms. The first kappa shape index (κ1) is 5.46. The monoisotopic (exact) mass is 118 g/mol.